The quantitative estimate of drug-likeness (QED) is 0.556. The minimum Gasteiger partial charge on any atom is -0.385 e. The summed E-state index contributed by atoms with van der Waals surface area (Å²) in [5.41, 5.74) is 0. The molecule has 0 aliphatic rings. The fraction of sp³-hybridized carbons (Fsp3) is 0.235. The third-order valence-corrected chi connectivity index (χ3v) is 4.70. The lowest BCUT2D eigenvalue weighted by Crippen LogP contribution is -2.09. The van der Waals surface area contributed by atoms with Gasteiger partial charge in [-0.25, -0.2) is 9.97 Å². The summed E-state index contributed by atoms with van der Waals surface area (Å²) in [4.78, 5) is 22.1. The van der Waals surface area contributed by atoms with Gasteiger partial charge < -0.3 is 10.1 Å². The fourth-order valence-electron chi connectivity index (χ4n) is 1.93. The molecular weight excluding hydrogens is 368 g/mol. The second kappa shape index (κ2) is 10.0. The van der Waals surface area contributed by atoms with Gasteiger partial charge in [-0.15, -0.1) is 0 Å². The summed E-state index contributed by atoms with van der Waals surface area (Å²) in [6, 6.07) is 11.5. The Morgan fingerprint density at radius 2 is 1.50 bits per heavy atom. The molecule has 0 radical (unpaired) electrons. The van der Waals surface area contributed by atoms with Crippen molar-refractivity contribution in [2.75, 3.05) is 25.6 Å². The number of nitrogens with zero attached hydrogens (tertiary/aromatic N) is 5. The van der Waals surface area contributed by atoms with E-state index in [1.165, 1.54) is 23.5 Å². The zero-order valence-electron chi connectivity index (χ0n) is 14.2. The normalized spacial score (nSPS) is 10.7. The summed E-state index contributed by atoms with van der Waals surface area (Å²) in [5.74, 6) is 0.535. The van der Waals surface area contributed by atoms with Crippen LogP contribution in [0, 0.1) is 0 Å². The first-order chi connectivity index (χ1) is 12.8. The van der Waals surface area contributed by atoms with E-state index in [9.17, 15) is 0 Å². The standard InChI is InChI=1S/C17H18N6OS2/c1-24-12-6-11-20-15-21-16(25-13-7-2-4-9-18-13)23-17(22-15)26-14-8-3-5-10-19-14/h2-5,7-10H,6,11-12H2,1H3,(H,20,21,22,23). The molecule has 0 spiro atoms. The Kier molecular flexibility index (Phi) is 7.17. The Morgan fingerprint density at radius 3 is 2.00 bits per heavy atom. The van der Waals surface area contributed by atoms with Gasteiger partial charge in [0.05, 0.1) is 0 Å². The van der Waals surface area contributed by atoms with Gasteiger partial charge >= 0.3 is 0 Å². The number of aromatic nitrogens is 5. The summed E-state index contributed by atoms with van der Waals surface area (Å²) in [6.45, 7) is 1.41. The van der Waals surface area contributed by atoms with Crippen molar-refractivity contribution in [3.05, 3.63) is 48.8 Å². The summed E-state index contributed by atoms with van der Waals surface area (Å²) in [6.07, 6.45) is 4.36. The van der Waals surface area contributed by atoms with Gasteiger partial charge in [0.25, 0.3) is 0 Å². The first-order valence-corrected chi connectivity index (χ1v) is 9.63. The predicted molar refractivity (Wildman–Crippen MR) is 102 cm³/mol. The molecule has 0 saturated heterocycles. The summed E-state index contributed by atoms with van der Waals surface area (Å²) >= 11 is 2.80. The van der Waals surface area contributed by atoms with Crippen LogP contribution in [-0.4, -0.2) is 45.2 Å². The van der Waals surface area contributed by atoms with Crippen LogP contribution in [0.2, 0.25) is 0 Å². The molecule has 0 bridgehead atoms. The lowest BCUT2D eigenvalue weighted by molar-refractivity contribution is 0.197. The number of nitrogens with one attached hydrogen (secondary N) is 1. The molecule has 0 aromatic carbocycles. The van der Waals surface area contributed by atoms with Gasteiger partial charge in [-0.3, -0.25) is 0 Å². The molecule has 26 heavy (non-hydrogen) atoms. The summed E-state index contributed by atoms with van der Waals surface area (Å²) < 4.78 is 5.07. The molecule has 134 valence electrons. The fourth-order valence-corrected chi connectivity index (χ4v) is 3.41. The van der Waals surface area contributed by atoms with Gasteiger partial charge in [-0.2, -0.15) is 15.0 Å². The van der Waals surface area contributed by atoms with E-state index in [4.69, 9.17) is 4.74 Å². The molecule has 7 nitrogen and oxygen atoms in total. The van der Waals surface area contributed by atoms with E-state index in [-0.39, 0.29) is 0 Å². The number of ether oxygens (including phenoxy) is 1. The first-order valence-electron chi connectivity index (χ1n) is 8.00. The Balaban J connectivity index is 1.78. The van der Waals surface area contributed by atoms with Crippen molar-refractivity contribution >= 4 is 29.5 Å². The van der Waals surface area contributed by atoms with Crippen molar-refractivity contribution < 1.29 is 4.74 Å². The van der Waals surface area contributed by atoms with Crippen LogP contribution in [0.4, 0.5) is 5.95 Å². The minimum atomic E-state index is 0.535. The van der Waals surface area contributed by atoms with E-state index in [0.29, 0.717) is 22.9 Å². The minimum absolute atomic E-state index is 0.535. The van der Waals surface area contributed by atoms with Crippen LogP contribution >= 0.6 is 23.5 Å². The van der Waals surface area contributed by atoms with Crippen LogP contribution < -0.4 is 5.32 Å². The molecule has 0 amide bonds. The molecule has 3 aromatic heterocycles. The maximum absolute atomic E-state index is 5.07. The van der Waals surface area contributed by atoms with E-state index >= 15 is 0 Å². The van der Waals surface area contributed by atoms with Crippen LogP contribution in [0.15, 0.2) is 69.2 Å². The molecule has 3 rings (SSSR count). The molecule has 3 aromatic rings. The van der Waals surface area contributed by atoms with Crippen molar-refractivity contribution in [1.29, 1.82) is 0 Å². The molecule has 0 fully saturated rings. The summed E-state index contributed by atoms with van der Waals surface area (Å²) in [5, 5.41) is 6.06. The van der Waals surface area contributed by atoms with E-state index < -0.39 is 0 Å². The van der Waals surface area contributed by atoms with Crippen molar-refractivity contribution in [3.63, 3.8) is 0 Å². The van der Waals surface area contributed by atoms with Gasteiger partial charge in [-0.1, -0.05) is 12.1 Å². The van der Waals surface area contributed by atoms with Gasteiger partial charge in [0.2, 0.25) is 5.95 Å². The molecule has 1 N–H and O–H groups in total. The van der Waals surface area contributed by atoms with Crippen molar-refractivity contribution in [1.82, 2.24) is 24.9 Å². The number of anilines is 1. The van der Waals surface area contributed by atoms with Crippen LogP contribution in [-0.2, 0) is 4.74 Å². The molecular formula is C17H18N6OS2. The molecule has 0 atom stereocenters. The molecule has 0 aliphatic carbocycles. The van der Waals surface area contributed by atoms with E-state index in [1.807, 2.05) is 36.4 Å². The smallest absolute Gasteiger partial charge is 0.227 e. The van der Waals surface area contributed by atoms with Crippen molar-refractivity contribution in [2.45, 2.75) is 26.8 Å². The second-order valence-corrected chi connectivity index (χ2v) is 7.01. The van der Waals surface area contributed by atoms with Gasteiger partial charge in [0, 0.05) is 32.7 Å². The number of hydrogen-bond acceptors (Lipinski definition) is 9. The molecule has 0 aliphatic heterocycles. The zero-order chi connectivity index (χ0) is 18.0. The monoisotopic (exact) mass is 386 g/mol. The third kappa shape index (κ3) is 5.94. The Labute approximate surface area is 160 Å². The average molecular weight is 387 g/mol. The van der Waals surface area contributed by atoms with Gasteiger partial charge in [0.1, 0.15) is 10.1 Å². The Morgan fingerprint density at radius 1 is 0.885 bits per heavy atom. The highest BCUT2D eigenvalue weighted by atomic mass is 32.2. The highest BCUT2D eigenvalue weighted by Gasteiger charge is 2.10. The topological polar surface area (TPSA) is 85.7 Å². The molecule has 9 heteroatoms. The largest absolute Gasteiger partial charge is 0.385 e. The van der Waals surface area contributed by atoms with Crippen LogP contribution in [0.5, 0.6) is 0 Å². The second-order valence-electron chi connectivity index (χ2n) is 5.04. The zero-order valence-corrected chi connectivity index (χ0v) is 15.8. The number of pyridine rings is 2. The Hall–Kier alpha value is -2.23. The maximum Gasteiger partial charge on any atom is 0.227 e. The molecule has 3 heterocycles. The Bertz CT molecular complexity index is 747. The third-order valence-electron chi connectivity index (χ3n) is 3.07. The highest BCUT2D eigenvalue weighted by Crippen LogP contribution is 2.27. The van der Waals surface area contributed by atoms with Crippen LogP contribution in [0.1, 0.15) is 6.42 Å². The number of rotatable bonds is 9. The molecule has 0 unspecified atom stereocenters. The maximum atomic E-state index is 5.07. The van der Waals surface area contributed by atoms with Gasteiger partial charge in [0.15, 0.2) is 10.3 Å². The van der Waals surface area contributed by atoms with Crippen molar-refractivity contribution in [3.8, 4) is 0 Å². The summed E-state index contributed by atoms with van der Waals surface area (Å²) in [7, 11) is 1.69. The van der Waals surface area contributed by atoms with Gasteiger partial charge in [-0.05, 0) is 54.2 Å². The lowest BCUT2D eigenvalue weighted by atomic mass is 10.4. The lowest BCUT2D eigenvalue weighted by Gasteiger charge is -2.08. The van der Waals surface area contributed by atoms with E-state index in [1.54, 1.807) is 19.5 Å². The highest BCUT2D eigenvalue weighted by molar-refractivity contribution is 7.99. The molecule has 0 saturated carbocycles. The van der Waals surface area contributed by atoms with Crippen LogP contribution in [0.3, 0.4) is 0 Å². The first kappa shape index (κ1) is 18.6. The van der Waals surface area contributed by atoms with Crippen molar-refractivity contribution in [2.24, 2.45) is 0 Å². The van der Waals surface area contributed by atoms with E-state index in [2.05, 4.69) is 30.2 Å². The average Bonchev–Trinajstić information content (AvgIpc) is 2.67. The SMILES string of the molecule is COCCCNc1nc(Sc2ccccn2)nc(Sc2ccccn2)n1. The van der Waals surface area contributed by atoms with Crippen LogP contribution in [0.25, 0.3) is 0 Å². The van der Waals surface area contributed by atoms with E-state index in [0.717, 1.165) is 23.0 Å². The number of hydrogen-bond donors (Lipinski definition) is 1. The number of methoxy groups -OCH3 is 1. The predicted octanol–water partition coefficient (Wildman–Crippen LogP) is 3.41.